The fraction of sp³-hybridized carbons (Fsp3) is 0.615. The van der Waals surface area contributed by atoms with Crippen molar-refractivity contribution in [1.82, 2.24) is 15.5 Å². The number of carbonyl (C=O) groups excluding carboxylic acids is 4. The van der Waals surface area contributed by atoms with E-state index >= 15 is 0 Å². The highest BCUT2D eigenvalue weighted by atomic mass is 19.1. The van der Waals surface area contributed by atoms with Gasteiger partial charge in [-0.25, -0.2) is 4.39 Å². The van der Waals surface area contributed by atoms with Crippen molar-refractivity contribution in [2.75, 3.05) is 13.7 Å². The van der Waals surface area contributed by atoms with Crippen molar-refractivity contribution >= 4 is 23.7 Å². The van der Waals surface area contributed by atoms with E-state index in [-0.39, 0.29) is 47.4 Å². The number of nitrogens with one attached hydrogen (secondary N) is 2. The number of amides is 3. The summed E-state index contributed by atoms with van der Waals surface area (Å²) >= 11 is 0. The molecule has 3 fully saturated rings. The van der Waals surface area contributed by atoms with Gasteiger partial charge in [0.05, 0.1) is 19.1 Å². The molecule has 2 aliphatic heterocycles. The predicted molar refractivity (Wildman–Crippen MR) is 129 cm³/mol. The Morgan fingerprint density at radius 3 is 2.68 bits per heavy atom. The summed E-state index contributed by atoms with van der Waals surface area (Å²) in [5, 5.41) is 5.54. The number of cyclic esters (lactones) is 1. The van der Waals surface area contributed by atoms with Gasteiger partial charge in [-0.05, 0) is 50.2 Å². The molecule has 0 aromatic heterocycles. The zero-order valence-electron chi connectivity index (χ0n) is 21.5. The Morgan fingerprint density at radius 1 is 1.24 bits per heavy atom. The third kappa shape index (κ3) is 5.27. The van der Waals surface area contributed by atoms with Crippen molar-refractivity contribution < 1.29 is 37.8 Å². The smallest absolute Gasteiger partial charge is 0.310 e. The van der Waals surface area contributed by atoms with Gasteiger partial charge in [-0.1, -0.05) is 19.9 Å². The van der Waals surface area contributed by atoms with Crippen LogP contribution in [0.3, 0.4) is 0 Å². The van der Waals surface area contributed by atoms with Gasteiger partial charge in [0.2, 0.25) is 18.1 Å². The topological polar surface area (TPSA) is 123 Å². The number of piperidine rings is 1. The van der Waals surface area contributed by atoms with Gasteiger partial charge >= 0.3 is 5.97 Å². The molecule has 1 aliphatic carbocycles. The molecule has 4 rings (SSSR count). The van der Waals surface area contributed by atoms with Gasteiger partial charge in [-0.2, -0.15) is 0 Å². The Morgan fingerprint density at radius 2 is 2.00 bits per heavy atom. The van der Waals surface area contributed by atoms with Crippen LogP contribution in [-0.4, -0.2) is 72.8 Å². The number of likely N-dealkylation sites (tertiary alicyclic amines) is 1. The third-order valence-electron chi connectivity index (χ3n) is 7.38. The molecule has 2 saturated heterocycles. The van der Waals surface area contributed by atoms with Crippen LogP contribution in [0, 0.1) is 17.7 Å². The molecule has 1 aromatic carbocycles. The summed E-state index contributed by atoms with van der Waals surface area (Å²) in [6, 6.07) is 1.73. The maximum Gasteiger partial charge on any atom is 0.310 e. The minimum absolute atomic E-state index is 0.0120. The van der Waals surface area contributed by atoms with Crippen molar-refractivity contribution in [2.24, 2.45) is 11.8 Å². The Labute approximate surface area is 215 Å². The maximum absolute atomic E-state index is 14.7. The Balaban J connectivity index is 1.52. The highest BCUT2D eigenvalue weighted by Crippen LogP contribution is 2.43. The molecule has 0 spiro atoms. The summed E-state index contributed by atoms with van der Waals surface area (Å²) in [4.78, 5) is 53.6. The second-order valence-corrected chi connectivity index (χ2v) is 10.1. The lowest BCUT2D eigenvalue weighted by Crippen LogP contribution is -2.60. The molecule has 2 heterocycles. The van der Waals surface area contributed by atoms with Crippen LogP contribution in [0.4, 0.5) is 4.39 Å². The first kappa shape index (κ1) is 26.8. The number of rotatable bonds is 9. The third-order valence-corrected chi connectivity index (χ3v) is 7.38. The van der Waals surface area contributed by atoms with Gasteiger partial charge in [0.1, 0.15) is 18.1 Å². The van der Waals surface area contributed by atoms with E-state index in [1.165, 1.54) is 25.3 Å². The molecule has 3 amide bonds. The van der Waals surface area contributed by atoms with Crippen molar-refractivity contribution in [3.8, 4) is 5.75 Å². The molecular formula is C26H34FN3O7. The first-order valence-electron chi connectivity index (χ1n) is 12.7. The van der Waals surface area contributed by atoms with Crippen LogP contribution < -0.4 is 15.4 Å². The molecule has 202 valence electrons. The second kappa shape index (κ2) is 11.0. The monoisotopic (exact) mass is 519 g/mol. The summed E-state index contributed by atoms with van der Waals surface area (Å²) in [6.45, 7) is 5.64. The molecule has 11 heteroatoms. The molecule has 3 unspecified atom stereocenters. The molecule has 0 radical (unpaired) electrons. The fourth-order valence-corrected chi connectivity index (χ4v) is 5.62. The predicted octanol–water partition coefficient (Wildman–Crippen LogP) is 1.76. The number of esters is 1. The molecule has 3 aliphatic rings. The normalized spacial score (nSPS) is 27.2. The largest absolute Gasteiger partial charge is 0.494 e. The molecule has 2 N–H and O–H groups in total. The lowest BCUT2D eigenvalue weighted by atomic mass is 9.95. The van der Waals surface area contributed by atoms with E-state index in [1.807, 2.05) is 0 Å². The van der Waals surface area contributed by atoms with Crippen LogP contribution in [0.25, 0.3) is 0 Å². The fourth-order valence-electron chi connectivity index (χ4n) is 5.62. The number of fused-ring (bicyclic) bond motifs is 2. The summed E-state index contributed by atoms with van der Waals surface area (Å²) < 4.78 is 30.3. The minimum Gasteiger partial charge on any atom is -0.494 e. The second-order valence-electron chi connectivity index (χ2n) is 10.1. The number of methoxy groups -OCH3 is 1. The number of halogens is 1. The standard InChI is InChI=1S/C26H34FN3O7/c1-5-36-26-17(12-19(31)37-26)28-24(33)22-14-9-10-15(11-14)30(22)25(34)21(13(2)3)29-23(32)16-7-6-8-18(35-4)20(16)27/h6-8,13-15,17,21-22,26H,5,9-12H2,1-4H3,(H,28,33)(H,29,32)/t14-,15?,17?,21?,22-,26+/m0/s1. The SMILES string of the molecule is CCO[C@@H]1OC(=O)CC1NC(=O)[C@@H]1[C@H]2CCC(C2)N1C(=O)C(NC(=O)c1cccc(OC)c1F)C(C)C. The molecule has 37 heavy (non-hydrogen) atoms. The van der Waals surface area contributed by atoms with Crippen LogP contribution in [-0.2, 0) is 23.9 Å². The van der Waals surface area contributed by atoms with Gasteiger partial charge in [-0.3, -0.25) is 19.2 Å². The number of carbonyl (C=O) groups is 4. The number of hydrogen-bond acceptors (Lipinski definition) is 7. The average molecular weight is 520 g/mol. The average Bonchev–Trinajstić information content (AvgIpc) is 3.57. The van der Waals surface area contributed by atoms with Crippen LogP contribution in [0.1, 0.15) is 56.8 Å². The summed E-state index contributed by atoms with van der Waals surface area (Å²) in [5.74, 6) is -3.21. The van der Waals surface area contributed by atoms with E-state index in [1.54, 1.807) is 25.7 Å². The lowest BCUT2D eigenvalue weighted by molar-refractivity contribution is -0.165. The zero-order chi connectivity index (χ0) is 26.9. The van der Waals surface area contributed by atoms with E-state index in [0.29, 0.717) is 13.0 Å². The van der Waals surface area contributed by atoms with Gasteiger partial charge in [0.25, 0.3) is 5.91 Å². The van der Waals surface area contributed by atoms with Crippen LogP contribution in [0.5, 0.6) is 5.75 Å². The number of benzene rings is 1. The molecular weight excluding hydrogens is 485 g/mol. The van der Waals surface area contributed by atoms with E-state index in [4.69, 9.17) is 14.2 Å². The van der Waals surface area contributed by atoms with E-state index in [0.717, 1.165) is 12.8 Å². The summed E-state index contributed by atoms with van der Waals surface area (Å²) in [6.07, 6.45) is 1.36. The van der Waals surface area contributed by atoms with E-state index < -0.39 is 42.1 Å². The first-order chi connectivity index (χ1) is 17.7. The van der Waals surface area contributed by atoms with Crippen molar-refractivity contribution in [1.29, 1.82) is 0 Å². The Hall–Kier alpha value is -3.21. The quantitative estimate of drug-likeness (QED) is 0.477. The highest BCUT2D eigenvalue weighted by molar-refractivity contribution is 5.99. The van der Waals surface area contributed by atoms with E-state index in [9.17, 15) is 23.6 Å². The Bertz CT molecular complexity index is 1060. The van der Waals surface area contributed by atoms with Crippen molar-refractivity contribution in [2.45, 2.75) is 76.9 Å². The summed E-state index contributed by atoms with van der Waals surface area (Å²) in [7, 11) is 1.30. The molecule has 10 nitrogen and oxygen atoms in total. The lowest BCUT2D eigenvalue weighted by Gasteiger charge is -2.38. The van der Waals surface area contributed by atoms with Crippen LogP contribution in [0.15, 0.2) is 18.2 Å². The highest BCUT2D eigenvalue weighted by Gasteiger charge is 2.53. The molecule has 6 atom stereocenters. The minimum atomic E-state index is -0.972. The number of ether oxygens (including phenoxy) is 3. The zero-order valence-corrected chi connectivity index (χ0v) is 21.5. The molecule has 2 bridgehead atoms. The first-order valence-corrected chi connectivity index (χ1v) is 12.7. The summed E-state index contributed by atoms with van der Waals surface area (Å²) in [5.41, 5.74) is -0.233. The van der Waals surface area contributed by atoms with E-state index in [2.05, 4.69) is 10.6 Å². The van der Waals surface area contributed by atoms with Crippen LogP contribution in [0.2, 0.25) is 0 Å². The number of hydrogen-bond donors (Lipinski definition) is 2. The Kier molecular flexibility index (Phi) is 8.01. The van der Waals surface area contributed by atoms with Gasteiger partial charge in [0, 0.05) is 12.6 Å². The van der Waals surface area contributed by atoms with Gasteiger partial charge in [0.15, 0.2) is 11.6 Å². The van der Waals surface area contributed by atoms with Gasteiger partial charge < -0.3 is 29.7 Å². The molecule has 1 aromatic rings. The number of nitrogens with zero attached hydrogens (tertiary/aromatic N) is 1. The molecule has 1 saturated carbocycles. The van der Waals surface area contributed by atoms with Crippen molar-refractivity contribution in [3.05, 3.63) is 29.6 Å². The van der Waals surface area contributed by atoms with Gasteiger partial charge in [-0.15, -0.1) is 0 Å². The van der Waals surface area contributed by atoms with Crippen LogP contribution >= 0.6 is 0 Å². The van der Waals surface area contributed by atoms with Crippen molar-refractivity contribution in [3.63, 3.8) is 0 Å². The maximum atomic E-state index is 14.7.